The molecule has 4 N–H and O–H groups in total. The van der Waals surface area contributed by atoms with Gasteiger partial charge in [0.15, 0.2) is 11.5 Å². The van der Waals surface area contributed by atoms with Crippen LogP contribution >= 0.6 is 0 Å². The number of hydrogen-bond donors (Lipinski definition) is 4. The van der Waals surface area contributed by atoms with Gasteiger partial charge in [0, 0.05) is 53.5 Å². The van der Waals surface area contributed by atoms with E-state index < -0.39 is 30.1 Å². The van der Waals surface area contributed by atoms with Crippen LogP contribution in [0, 0.1) is 0 Å². The molecule has 10 nitrogen and oxygen atoms in total. The lowest BCUT2D eigenvalue weighted by Gasteiger charge is -2.40. The van der Waals surface area contributed by atoms with Gasteiger partial charge in [-0.3, -0.25) is 14.4 Å². The van der Waals surface area contributed by atoms with Crippen LogP contribution in [0.25, 0.3) is 10.9 Å². The minimum Gasteiger partial charge on any atom is -0.493 e. The predicted octanol–water partition coefficient (Wildman–Crippen LogP) is 2.65. The number of fused-ring (bicyclic) bond motifs is 4. The van der Waals surface area contributed by atoms with Crippen LogP contribution in [0.15, 0.2) is 65.8 Å². The minimum absolute atomic E-state index is 0.0208. The van der Waals surface area contributed by atoms with E-state index in [-0.39, 0.29) is 31.2 Å². The summed E-state index contributed by atoms with van der Waals surface area (Å²) >= 11 is 0. The number of carbonyl (C=O) groups is 3. The lowest BCUT2D eigenvalue weighted by molar-refractivity contribution is -0.132. The molecule has 0 unspecified atom stereocenters. The summed E-state index contributed by atoms with van der Waals surface area (Å²) < 4.78 is 11.7. The molecule has 0 spiro atoms. The molecule has 2 aliphatic rings. The van der Waals surface area contributed by atoms with Gasteiger partial charge in [-0.05, 0) is 49.6 Å². The fourth-order valence-electron chi connectivity index (χ4n) is 5.80. The first-order valence-corrected chi connectivity index (χ1v) is 13.9. The average Bonchev–Trinajstić information content (AvgIpc) is 3.58. The van der Waals surface area contributed by atoms with Crippen molar-refractivity contribution in [2.24, 2.45) is 0 Å². The van der Waals surface area contributed by atoms with Crippen LogP contribution in [0.5, 0.6) is 11.5 Å². The number of aliphatic hydroxyl groups excluding tert-OH is 2. The van der Waals surface area contributed by atoms with Crippen molar-refractivity contribution in [3.05, 3.63) is 82.6 Å². The number of ether oxygens (including phenoxy) is 2. The Bertz CT molecular complexity index is 1540. The summed E-state index contributed by atoms with van der Waals surface area (Å²) in [7, 11) is 1.45. The highest BCUT2D eigenvalue weighted by atomic mass is 16.5. The Kier molecular flexibility index (Phi) is 8.46. The van der Waals surface area contributed by atoms with Gasteiger partial charge >= 0.3 is 0 Å². The number of aromatic amines is 1. The Balaban J connectivity index is 1.56. The van der Waals surface area contributed by atoms with Gasteiger partial charge in [0.25, 0.3) is 0 Å². The van der Waals surface area contributed by atoms with E-state index in [0.29, 0.717) is 35.3 Å². The molecule has 220 valence electrons. The smallest absolute Gasteiger partial charge is 0.247 e. The molecule has 2 aromatic carbocycles. The van der Waals surface area contributed by atoms with Gasteiger partial charge in [-0.15, -0.1) is 0 Å². The number of amides is 2. The zero-order valence-corrected chi connectivity index (χ0v) is 23.8. The summed E-state index contributed by atoms with van der Waals surface area (Å²) in [6, 6.07) is 12.2. The summed E-state index contributed by atoms with van der Waals surface area (Å²) in [6.45, 7) is 3.65. The fraction of sp³-hybridized carbons (Fsp3) is 0.344. The predicted molar refractivity (Wildman–Crippen MR) is 157 cm³/mol. The highest BCUT2D eigenvalue weighted by molar-refractivity contribution is 5.97. The van der Waals surface area contributed by atoms with E-state index in [9.17, 15) is 24.6 Å². The van der Waals surface area contributed by atoms with Gasteiger partial charge in [-0.2, -0.15) is 0 Å². The quantitative estimate of drug-likeness (QED) is 0.216. The van der Waals surface area contributed by atoms with Crippen LogP contribution in [0.2, 0.25) is 0 Å². The Morgan fingerprint density at radius 1 is 1.19 bits per heavy atom. The number of aldehydes is 1. The number of hydrogen-bond acceptors (Lipinski definition) is 7. The maximum Gasteiger partial charge on any atom is 0.247 e. The molecule has 1 aliphatic heterocycles. The van der Waals surface area contributed by atoms with Crippen LogP contribution in [-0.4, -0.2) is 83.3 Å². The Morgan fingerprint density at radius 2 is 1.98 bits per heavy atom. The second kappa shape index (κ2) is 12.2. The third kappa shape index (κ3) is 5.55. The van der Waals surface area contributed by atoms with Crippen LogP contribution < -0.4 is 14.8 Å². The highest BCUT2D eigenvalue weighted by Crippen LogP contribution is 2.51. The van der Waals surface area contributed by atoms with Crippen molar-refractivity contribution in [2.75, 3.05) is 26.8 Å². The Hall–Kier alpha value is -4.41. The summed E-state index contributed by atoms with van der Waals surface area (Å²) in [6.07, 6.45) is 2.13. The fourth-order valence-corrected chi connectivity index (χ4v) is 5.80. The van der Waals surface area contributed by atoms with Crippen LogP contribution in [-0.2, 0) is 16.0 Å². The molecule has 0 bridgehead atoms. The number of H-pyrrole nitrogens is 1. The first kappa shape index (κ1) is 29.1. The first-order valence-electron chi connectivity index (χ1n) is 13.9. The number of aliphatic hydroxyl groups is 2. The van der Waals surface area contributed by atoms with Crippen molar-refractivity contribution in [3.63, 3.8) is 0 Å². The van der Waals surface area contributed by atoms with E-state index in [1.807, 2.05) is 44.2 Å². The topological polar surface area (TPSA) is 141 Å². The number of nitrogens with zero attached hydrogens (tertiary/aromatic N) is 1. The maximum absolute atomic E-state index is 13.6. The van der Waals surface area contributed by atoms with Crippen LogP contribution in [0.1, 0.15) is 41.4 Å². The number of carbonyl (C=O) groups excluding carboxylic acids is 3. The SMILES string of the molecule is COc1cc(C=O)cc2c1O[C@@H]1[C@@H](O)[C@H](N(CCc3cc4ccccc4[nH]3)C(=O)C=C(C)C)C=C(C(=O)NCCO)[C@H]21. The monoisotopic (exact) mass is 573 g/mol. The molecule has 0 saturated heterocycles. The zero-order chi connectivity index (χ0) is 30.0. The van der Waals surface area contributed by atoms with Crippen molar-refractivity contribution in [3.8, 4) is 11.5 Å². The molecule has 3 aromatic rings. The van der Waals surface area contributed by atoms with Gasteiger partial charge in [-0.25, -0.2) is 0 Å². The molecule has 42 heavy (non-hydrogen) atoms. The largest absolute Gasteiger partial charge is 0.493 e. The first-order chi connectivity index (χ1) is 20.2. The number of allylic oxidation sites excluding steroid dienone is 1. The normalized spacial score (nSPS) is 20.5. The average molecular weight is 574 g/mol. The van der Waals surface area contributed by atoms with E-state index in [2.05, 4.69) is 10.3 Å². The molecule has 0 radical (unpaired) electrons. The number of nitrogens with one attached hydrogen (secondary N) is 2. The van der Waals surface area contributed by atoms with Crippen molar-refractivity contribution < 1.29 is 34.1 Å². The van der Waals surface area contributed by atoms with Gasteiger partial charge in [-0.1, -0.05) is 23.8 Å². The van der Waals surface area contributed by atoms with Gasteiger partial charge in [0.2, 0.25) is 11.8 Å². The molecule has 4 atom stereocenters. The zero-order valence-electron chi connectivity index (χ0n) is 23.8. The van der Waals surface area contributed by atoms with E-state index in [1.165, 1.54) is 19.3 Å². The number of aromatic nitrogens is 1. The molecule has 0 saturated carbocycles. The summed E-state index contributed by atoms with van der Waals surface area (Å²) in [5.41, 5.74) is 3.84. The lowest BCUT2D eigenvalue weighted by atomic mass is 9.77. The van der Waals surface area contributed by atoms with E-state index >= 15 is 0 Å². The Morgan fingerprint density at radius 3 is 2.67 bits per heavy atom. The standard InChI is InChI=1S/C32H35N3O7/c1-18(2)12-27(38)35(10-8-21-15-20-6-4-5-7-24(20)34-21)25-16-23(32(40)33-9-11-36)28-22-13-19(17-37)14-26(41-3)30(22)42-31(28)29(25)39/h4-7,12-17,25,28-29,31,34,36,39H,8-11H2,1-3H3,(H,33,40)/t25-,28+,29+,31+/m1/s1. The molecule has 1 aromatic heterocycles. The number of methoxy groups -OCH3 is 1. The molecule has 10 heteroatoms. The molecular formula is C32H35N3O7. The van der Waals surface area contributed by atoms with Crippen LogP contribution in [0.3, 0.4) is 0 Å². The van der Waals surface area contributed by atoms with Crippen LogP contribution in [0.4, 0.5) is 0 Å². The molecule has 2 heterocycles. The van der Waals surface area contributed by atoms with Gasteiger partial charge in [0.05, 0.1) is 25.7 Å². The highest BCUT2D eigenvalue weighted by Gasteiger charge is 2.51. The van der Waals surface area contributed by atoms with E-state index in [1.54, 1.807) is 17.0 Å². The van der Waals surface area contributed by atoms with Gasteiger partial charge < -0.3 is 34.9 Å². The summed E-state index contributed by atoms with van der Waals surface area (Å²) in [5, 5.41) is 24.9. The Labute approximate surface area is 243 Å². The molecule has 0 fully saturated rings. The van der Waals surface area contributed by atoms with Crippen molar-refractivity contribution in [2.45, 2.75) is 44.4 Å². The second-order valence-corrected chi connectivity index (χ2v) is 10.8. The third-order valence-electron chi connectivity index (χ3n) is 7.67. The minimum atomic E-state index is -1.21. The summed E-state index contributed by atoms with van der Waals surface area (Å²) in [5.74, 6) is -0.865. The van der Waals surface area contributed by atoms with Crippen molar-refractivity contribution >= 4 is 29.0 Å². The lowest BCUT2D eigenvalue weighted by Crippen LogP contribution is -2.56. The maximum atomic E-state index is 13.6. The summed E-state index contributed by atoms with van der Waals surface area (Å²) in [4.78, 5) is 43.7. The number of benzene rings is 2. The number of para-hydroxylation sites is 1. The van der Waals surface area contributed by atoms with Crippen molar-refractivity contribution in [1.29, 1.82) is 0 Å². The van der Waals surface area contributed by atoms with Crippen molar-refractivity contribution in [1.82, 2.24) is 15.2 Å². The van der Waals surface area contributed by atoms with E-state index in [4.69, 9.17) is 9.47 Å². The molecular weight excluding hydrogens is 538 g/mol. The number of rotatable bonds is 10. The third-order valence-corrected chi connectivity index (χ3v) is 7.67. The molecule has 5 rings (SSSR count). The molecule has 2 amide bonds. The second-order valence-electron chi connectivity index (χ2n) is 10.8. The molecule has 1 aliphatic carbocycles. The van der Waals surface area contributed by atoms with Gasteiger partial charge in [0.1, 0.15) is 18.5 Å². The van der Waals surface area contributed by atoms with E-state index in [0.717, 1.165) is 22.2 Å².